The molecule has 2 amide bonds. The van der Waals surface area contributed by atoms with Gasteiger partial charge in [0.2, 0.25) is 11.8 Å². The minimum atomic E-state index is -0.152. The van der Waals surface area contributed by atoms with Crippen LogP contribution < -0.4 is 4.74 Å². The van der Waals surface area contributed by atoms with Crippen molar-refractivity contribution in [3.8, 4) is 5.75 Å². The fourth-order valence-corrected chi connectivity index (χ4v) is 4.04. The van der Waals surface area contributed by atoms with Gasteiger partial charge in [-0.1, -0.05) is 19.1 Å². The average Bonchev–Trinajstić information content (AvgIpc) is 3.13. The summed E-state index contributed by atoms with van der Waals surface area (Å²) in [5.74, 6) is 1.02. The van der Waals surface area contributed by atoms with E-state index in [1.165, 1.54) is 6.42 Å². The number of hydrogen-bond acceptors (Lipinski definition) is 3. The molecule has 2 fully saturated rings. The van der Waals surface area contributed by atoms with Crippen molar-refractivity contribution in [2.24, 2.45) is 5.92 Å². The highest BCUT2D eigenvalue weighted by Crippen LogP contribution is 2.36. The quantitative estimate of drug-likeness (QED) is 0.844. The minimum absolute atomic E-state index is 0.0417. The standard InChI is InChI=1S/C20H28N2O3/c1-3-19(23)22-13-17(15-8-7-9-16(12-15)25-2)18(14-22)20(24)21-10-5-4-6-11-21/h7-9,12,17-18H,3-6,10-11,13-14H2,1-2H3. The molecule has 0 N–H and O–H groups in total. The first-order valence-corrected chi connectivity index (χ1v) is 9.34. The van der Waals surface area contributed by atoms with Crippen molar-refractivity contribution in [1.82, 2.24) is 9.80 Å². The van der Waals surface area contributed by atoms with Gasteiger partial charge < -0.3 is 14.5 Å². The molecule has 2 aliphatic heterocycles. The molecule has 0 aromatic heterocycles. The van der Waals surface area contributed by atoms with E-state index in [4.69, 9.17) is 4.74 Å². The number of carbonyl (C=O) groups is 2. The topological polar surface area (TPSA) is 49.9 Å². The van der Waals surface area contributed by atoms with Crippen LogP contribution >= 0.6 is 0 Å². The van der Waals surface area contributed by atoms with Gasteiger partial charge in [-0.15, -0.1) is 0 Å². The summed E-state index contributed by atoms with van der Waals surface area (Å²) in [7, 11) is 1.65. The monoisotopic (exact) mass is 344 g/mol. The Morgan fingerprint density at radius 1 is 1.12 bits per heavy atom. The molecule has 2 aliphatic rings. The van der Waals surface area contributed by atoms with Gasteiger partial charge in [0.05, 0.1) is 13.0 Å². The first-order valence-electron chi connectivity index (χ1n) is 9.34. The number of piperidine rings is 1. The zero-order valence-electron chi connectivity index (χ0n) is 15.2. The third-order valence-corrected chi connectivity index (χ3v) is 5.48. The largest absolute Gasteiger partial charge is 0.497 e. The molecular weight excluding hydrogens is 316 g/mol. The van der Waals surface area contributed by atoms with Crippen LogP contribution in [-0.4, -0.2) is 54.9 Å². The van der Waals surface area contributed by atoms with Crippen molar-refractivity contribution in [1.29, 1.82) is 0 Å². The molecule has 0 saturated carbocycles. The molecule has 5 nitrogen and oxygen atoms in total. The molecule has 0 aliphatic carbocycles. The number of hydrogen-bond donors (Lipinski definition) is 0. The number of ether oxygens (including phenoxy) is 1. The highest BCUT2D eigenvalue weighted by Gasteiger charge is 2.41. The lowest BCUT2D eigenvalue weighted by Crippen LogP contribution is -2.42. The van der Waals surface area contributed by atoms with E-state index in [-0.39, 0.29) is 23.7 Å². The Balaban J connectivity index is 1.85. The molecule has 2 atom stereocenters. The molecule has 2 unspecified atom stereocenters. The van der Waals surface area contributed by atoms with Gasteiger partial charge in [0.15, 0.2) is 0 Å². The summed E-state index contributed by atoms with van der Waals surface area (Å²) in [6.45, 7) is 4.72. The minimum Gasteiger partial charge on any atom is -0.497 e. The normalized spacial score (nSPS) is 23.6. The molecule has 1 aromatic carbocycles. The lowest BCUT2D eigenvalue weighted by atomic mass is 9.87. The maximum Gasteiger partial charge on any atom is 0.228 e. The van der Waals surface area contributed by atoms with Crippen LogP contribution in [-0.2, 0) is 9.59 Å². The van der Waals surface area contributed by atoms with Crippen molar-refractivity contribution in [3.05, 3.63) is 29.8 Å². The highest BCUT2D eigenvalue weighted by molar-refractivity contribution is 5.83. The Morgan fingerprint density at radius 2 is 1.88 bits per heavy atom. The number of nitrogens with zero attached hydrogens (tertiary/aromatic N) is 2. The SMILES string of the molecule is CCC(=O)N1CC(C(=O)N2CCCCC2)C(c2cccc(OC)c2)C1. The van der Waals surface area contributed by atoms with Crippen LogP contribution in [0, 0.1) is 5.92 Å². The van der Waals surface area contributed by atoms with Gasteiger partial charge in [-0.2, -0.15) is 0 Å². The van der Waals surface area contributed by atoms with Crippen LogP contribution in [0.3, 0.4) is 0 Å². The number of amides is 2. The summed E-state index contributed by atoms with van der Waals surface area (Å²) in [5.41, 5.74) is 1.08. The summed E-state index contributed by atoms with van der Waals surface area (Å²) in [6.07, 6.45) is 3.85. The fourth-order valence-electron chi connectivity index (χ4n) is 4.04. The maximum atomic E-state index is 13.2. The molecule has 5 heteroatoms. The van der Waals surface area contributed by atoms with E-state index in [1.54, 1.807) is 7.11 Å². The summed E-state index contributed by atoms with van der Waals surface area (Å²) >= 11 is 0. The molecule has 136 valence electrons. The molecule has 2 heterocycles. The molecule has 0 bridgehead atoms. The van der Waals surface area contributed by atoms with Gasteiger partial charge in [-0.25, -0.2) is 0 Å². The molecular formula is C20H28N2O3. The summed E-state index contributed by atoms with van der Waals surface area (Å²) in [6, 6.07) is 7.92. The number of methoxy groups -OCH3 is 1. The second-order valence-electron chi connectivity index (χ2n) is 7.03. The van der Waals surface area contributed by atoms with Gasteiger partial charge >= 0.3 is 0 Å². The molecule has 2 saturated heterocycles. The second-order valence-corrected chi connectivity index (χ2v) is 7.03. The summed E-state index contributed by atoms with van der Waals surface area (Å²) in [5, 5.41) is 0. The van der Waals surface area contributed by atoms with Gasteiger partial charge in [-0.3, -0.25) is 9.59 Å². The Kier molecular flexibility index (Phi) is 5.61. The van der Waals surface area contributed by atoms with Crippen molar-refractivity contribution < 1.29 is 14.3 Å². The predicted octanol–water partition coefficient (Wildman–Crippen LogP) is 2.66. The van der Waals surface area contributed by atoms with E-state index >= 15 is 0 Å². The van der Waals surface area contributed by atoms with Gasteiger partial charge in [-0.05, 0) is 37.0 Å². The van der Waals surface area contributed by atoms with Crippen LogP contribution in [0.25, 0.3) is 0 Å². The van der Waals surface area contributed by atoms with Crippen molar-refractivity contribution in [2.45, 2.75) is 38.5 Å². The number of rotatable bonds is 4. The Hall–Kier alpha value is -2.04. The predicted molar refractivity (Wildman–Crippen MR) is 96.5 cm³/mol. The smallest absolute Gasteiger partial charge is 0.228 e. The molecule has 0 radical (unpaired) electrons. The maximum absolute atomic E-state index is 13.2. The van der Waals surface area contributed by atoms with E-state index in [2.05, 4.69) is 0 Å². The molecule has 1 aromatic rings. The average molecular weight is 344 g/mol. The van der Waals surface area contributed by atoms with Gasteiger partial charge in [0.1, 0.15) is 5.75 Å². The third-order valence-electron chi connectivity index (χ3n) is 5.48. The fraction of sp³-hybridized carbons (Fsp3) is 0.600. The molecule has 0 spiro atoms. The van der Waals surface area contributed by atoms with E-state index in [1.807, 2.05) is 41.0 Å². The lowest BCUT2D eigenvalue weighted by Gasteiger charge is -2.31. The summed E-state index contributed by atoms with van der Waals surface area (Å²) in [4.78, 5) is 29.2. The van der Waals surface area contributed by atoms with Gasteiger partial charge in [0.25, 0.3) is 0 Å². The van der Waals surface area contributed by atoms with E-state index in [9.17, 15) is 9.59 Å². The van der Waals surface area contributed by atoms with E-state index < -0.39 is 0 Å². The Bertz CT molecular complexity index is 625. The lowest BCUT2D eigenvalue weighted by molar-refractivity contribution is -0.136. The molecule has 25 heavy (non-hydrogen) atoms. The zero-order valence-corrected chi connectivity index (χ0v) is 15.2. The number of likely N-dealkylation sites (tertiary alicyclic amines) is 2. The van der Waals surface area contributed by atoms with Crippen LogP contribution in [0.1, 0.15) is 44.1 Å². The molecule has 3 rings (SSSR count). The van der Waals surface area contributed by atoms with E-state index in [0.29, 0.717) is 19.5 Å². The zero-order chi connectivity index (χ0) is 17.8. The van der Waals surface area contributed by atoms with Crippen molar-refractivity contribution in [3.63, 3.8) is 0 Å². The van der Waals surface area contributed by atoms with Crippen LogP contribution in [0.4, 0.5) is 0 Å². The number of benzene rings is 1. The van der Waals surface area contributed by atoms with Gasteiger partial charge in [0, 0.05) is 38.5 Å². The van der Waals surface area contributed by atoms with Crippen LogP contribution in [0.2, 0.25) is 0 Å². The Labute approximate surface area is 149 Å². The van der Waals surface area contributed by atoms with Crippen LogP contribution in [0.15, 0.2) is 24.3 Å². The second kappa shape index (κ2) is 7.89. The first kappa shape index (κ1) is 17.8. The van der Waals surface area contributed by atoms with Crippen molar-refractivity contribution in [2.75, 3.05) is 33.3 Å². The highest BCUT2D eigenvalue weighted by atomic mass is 16.5. The summed E-state index contributed by atoms with van der Waals surface area (Å²) < 4.78 is 5.35. The van der Waals surface area contributed by atoms with Crippen molar-refractivity contribution >= 4 is 11.8 Å². The Morgan fingerprint density at radius 3 is 2.56 bits per heavy atom. The third kappa shape index (κ3) is 3.80. The van der Waals surface area contributed by atoms with Crippen LogP contribution in [0.5, 0.6) is 5.75 Å². The van der Waals surface area contributed by atoms with E-state index in [0.717, 1.165) is 37.2 Å². The number of carbonyl (C=O) groups excluding carboxylic acids is 2. The first-order chi connectivity index (χ1) is 12.1.